The van der Waals surface area contributed by atoms with Crippen LogP contribution in [0.1, 0.15) is 30.0 Å². The lowest BCUT2D eigenvalue weighted by Crippen LogP contribution is -2.42. The normalized spacial score (nSPS) is 19.2. The quantitative estimate of drug-likeness (QED) is 0.663. The monoisotopic (exact) mass is 406 g/mol. The molecule has 0 fully saturated rings. The SMILES string of the molecule is CN(C(=O)CN1c2cccc3cccc(c23)S1(=O)=O)C1CCCc2ccccc21. The molecule has 6 heteroatoms. The summed E-state index contributed by atoms with van der Waals surface area (Å²) in [5, 5.41) is 1.57. The van der Waals surface area contributed by atoms with Crippen molar-refractivity contribution in [2.45, 2.75) is 30.2 Å². The lowest BCUT2D eigenvalue weighted by Gasteiger charge is -2.34. The Labute approximate surface area is 170 Å². The first kappa shape index (κ1) is 18.2. The van der Waals surface area contributed by atoms with Crippen molar-refractivity contribution in [1.82, 2.24) is 4.90 Å². The molecule has 1 atom stereocenters. The topological polar surface area (TPSA) is 57.7 Å². The molecule has 2 aliphatic rings. The second-order valence-corrected chi connectivity index (χ2v) is 9.59. The molecule has 0 aromatic heterocycles. The fourth-order valence-electron chi connectivity index (χ4n) is 4.67. The van der Waals surface area contributed by atoms with Gasteiger partial charge in [0.15, 0.2) is 0 Å². The lowest BCUT2D eigenvalue weighted by atomic mass is 9.87. The minimum absolute atomic E-state index is 0.0177. The number of carbonyl (C=O) groups excluding carboxylic acids is 1. The Morgan fingerprint density at radius 2 is 1.83 bits per heavy atom. The molecule has 5 rings (SSSR count). The first-order valence-electron chi connectivity index (χ1n) is 9.86. The number of benzene rings is 3. The van der Waals surface area contributed by atoms with E-state index >= 15 is 0 Å². The van der Waals surface area contributed by atoms with Crippen LogP contribution in [0.5, 0.6) is 0 Å². The van der Waals surface area contributed by atoms with Gasteiger partial charge in [0.1, 0.15) is 6.54 Å². The van der Waals surface area contributed by atoms with Gasteiger partial charge in [-0.2, -0.15) is 0 Å². The fraction of sp³-hybridized carbons (Fsp3) is 0.261. The van der Waals surface area contributed by atoms with E-state index in [1.165, 1.54) is 15.4 Å². The van der Waals surface area contributed by atoms with Crippen LogP contribution in [0.4, 0.5) is 5.69 Å². The number of anilines is 1. The minimum atomic E-state index is -3.73. The van der Waals surface area contributed by atoms with Gasteiger partial charge in [-0.05, 0) is 47.9 Å². The third-order valence-corrected chi connectivity index (χ3v) is 7.96. The van der Waals surface area contributed by atoms with Crippen molar-refractivity contribution >= 4 is 32.4 Å². The molecule has 1 amide bonds. The molecule has 0 saturated heterocycles. The molecule has 5 nitrogen and oxygen atoms in total. The number of nitrogens with zero attached hydrogens (tertiary/aromatic N) is 2. The van der Waals surface area contributed by atoms with E-state index in [2.05, 4.69) is 12.1 Å². The molecule has 0 saturated carbocycles. The molecule has 3 aromatic rings. The highest BCUT2D eigenvalue weighted by molar-refractivity contribution is 7.93. The molecule has 1 unspecified atom stereocenters. The third kappa shape index (κ3) is 2.74. The Hall–Kier alpha value is -2.86. The van der Waals surface area contributed by atoms with Crippen LogP contribution in [-0.2, 0) is 21.2 Å². The predicted molar refractivity (Wildman–Crippen MR) is 113 cm³/mol. The van der Waals surface area contributed by atoms with Gasteiger partial charge in [-0.3, -0.25) is 9.10 Å². The van der Waals surface area contributed by atoms with E-state index in [4.69, 9.17) is 0 Å². The summed E-state index contributed by atoms with van der Waals surface area (Å²) in [6.45, 7) is -0.189. The number of fused-ring (bicyclic) bond motifs is 1. The van der Waals surface area contributed by atoms with Crippen LogP contribution in [-0.4, -0.2) is 32.8 Å². The minimum Gasteiger partial charge on any atom is -0.337 e. The fourth-order valence-corrected chi connectivity index (χ4v) is 6.33. The summed E-state index contributed by atoms with van der Waals surface area (Å²) in [6.07, 6.45) is 2.93. The van der Waals surface area contributed by atoms with Gasteiger partial charge >= 0.3 is 0 Å². The maximum atomic E-state index is 13.2. The Bertz CT molecular complexity index is 1230. The summed E-state index contributed by atoms with van der Waals surface area (Å²) >= 11 is 0. The standard InChI is InChI=1S/C23H22N2O3S/c1-24(19-12-4-8-16-7-2-3-11-18(16)19)22(26)15-25-20-13-5-9-17-10-6-14-21(23(17)20)29(25,27)28/h2-3,5-7,9-11,13-14,19H,4,8,12,15H2,1H3. The first-order chi connectivity index (χ1) is 14.0. The van der Waals surface area contributed by atoms with Crippen molar-refractivity contribution in [3.05, 3.63) is 71.8 Å². The number of rotatable bonds is 3. The number of hydrogen-bond donors (Lipinski definition) is 0. The van der Waals surface area contributed by atoms with Gasteiger partial charge in [0, 0.05) is 12.4 Å². The van der Waals surface area contributed by atoms with Crippen LogP contribution >= 0.6 is 0 Å². The first-order valence-corrected chi connectivity index (χ1v) is 11.3. The second-order valence-electron chi connectivity index (χ2n) is 7.75. The van der Waals surface area contributed by atoms with Crippen LogP contribution in [0.2, 0.25) is 0 Å². The van der Waals surface area contributed by atoms with Crippen LogP contribution in [0.3, 0.4) is 0 Å². The van der Waals surface area contributed by atoms with Gasteiger partial charge in [0.05, 0.1) is 16.6 Å². The van der Waals surface area contributed by atoms with Gasteiger partial charge in [-0.1, -0.05) is 48.5 Å². The number of aryl methyl sites for hydroxylation is 1. The number of carbonyl (C=O) groups is 1. The molecule has 0 spiro atoms. The maximum absolute atomic E-state index is 13.2. The Morgan fingerprint density at radius 1 is 1.07 bits per heavy atom. The van der Waals surface area contributed by atoms with E-state index in [0.717, 1.165) is 24.6 Å². The summed E-state index contributed by atoms with van der Waals surface area (Å²) in [5.74, 6) is -0.194. The highest BCUT2D eigenvalue weighted by Crippen LogP contribution is 2.42. The van der Waals surface area contributed by atoms with Crippen LogP contribution in [0.15, 0.2) is 65.6 Å². The zero-order valence-corrected chi connectivity index (χ0v) is 17.0. The Kier molecular flexibility index (Phi) is 4.13. The highest BCUT2D eigenvalue weighted by Gasteiger charge is 2.38. The molecule has 0 radical (unpaired) electrons. The number of likely N-dealkylation sites (N-methyl/N-ethyl adjacent to an activating group) is 1. The molecule has 3 aromatic carbocycles. The van der Waals surface area contributed by atoms with Crippen molar-refractivity contribution in [2.24, 2.45) is 0 Å². The zero-order chi connectivity index (χ0) is 20.2. The molecule has 148 valence electrons. The average molecular weight is 407 g/mol. The van der Waals surface area contributed by atoms with Crippen molar-refractivity contribution in [3.63, 3.8) is 0 Å². The van der Waals surface area contributed by atoms with E-state index in [1.54, 1.807) is 30.1 Å². The summed E-state index contributed by atoms with van der Waals surface area (Å²) < 4.78 is 27.6. The van der Waals surface area contributed by atoms with Crippen LogP contribution in [0, 0.1) is 0 Å². The summed E-state index contributed by atoms with van der Waals surface area (Å²) in [5.41, 5.74) is 3.03. The van der Waals surface area contributed by atoms with Crippen LogP contribution < -0.4 is 4.31 Å². The highest BCUT2D eigenvalue weighted by atomic mass is 32.2. The van der Waals surface area contributed by atoms with Gasteiger partial charge in [0.2, 0.25) is 5.91 Å². The molecule has 1 heterocycles. The molecular weight excluding hydrogens is 384 g/mol. The molecule has 0 N–H and O–H groups in total. The van der Waals surface area contributed by atoms with E-state index in [9.17, 15) is 13.2 Å². The van der Waals surface area contributed by atoms with E-state index in [0.29, 0.717) is 11.1 Å². The summed E-state index contributed by atoms with van der Waals surface area (Å²) in [4.78, 5) is 15.2. The third-order valence-electron chi connectivity index (χ3n) is 6.16. The second kappa shape index (κ2) is 6.59. The predicted octanol–water partition coefficient (Wildman–Crippen LogP) is 3.88. The van der Waals surface area contributed by atoms with Gasteiger partial charge in [0.25, 0.3) is 10.0 Å². The van der Waals surface area contributed by atoms with Crippen molar-refractivity contribution in [3.8, 4) is 0 Å². The van der Waals surface area contributed by atoms with Gasteiger partial charge in [-0.25, -0.2) is 8.42 Å². The number of sulfonamides is 1. The maximum Gasteiger partial charge on any atom is 0.265 e. The number of hydrogen-bond acceptors (Lipinski definition) is 3. The summed E-state index contributed by atoms with van der Waals surface area (Å²) in [7, 11) is -1.95. The van der Waals surface area contributed by atoms with Crippen molar-refractivity contribution < 1.29 is 13.2 Å². The molecule has 1 aliphatic heterocycles. The van der Waals surface area contributed by atoms with Gasteiger partial charge < -0.3 is 4.90 Å². The molecule has 0 bridgehead atoms. The summed E-state index contributed by atoms with van der Waals surface area (Å²) in [6, 6.07) is 19.0. The molecular formula is C23H22N2O3S. The average Bonchev–Trinajstić information content (AvgIpc) is 2.96. The largest absolute Gasteiger partial charge is 0.337 e. The Morgan fingerprint density at radius 3 is 2.66 bits per heavy atom. The Balaban J connectivity index is 1.47. The van der Waals surface area contributed by atoms with Crippen LogP contribution in [0.25, 0.3) is 10.8 Å². The molecule has 29 heavy (non-hydrogen) atoms. The van der Waals surface area contributed by atoms with Gasteiger partial charge in [-0.15, -0.1) is 0 Å². The van der Waals surface area contributed by atoms with Crippen molar-refractivity contribution in [2.75, 3.05) is 17.9 Å². The zero-order valence-electron chi connectivity index (χ0n) is 16.2. The lowest BCUT2D eigenvalue weighted by molar-refractivity contribution is -0.130. The smallest absolute Gasteiger partial charge is 0.265 e. The number of amides is 1. The van der Waals surface area contributed by atoms with E-state index < -0.39 is 10.0 Å². The van der Waals surface area contributed by atoms with E-state index in [-0.39, 0.29) is 23.4 Å². The van der Waals surface area contributed by atoms with Crippen molar-refractivity contribution in [1.29, 1.82) is 0 Å². The molecule has 1 aliphatic carbocycles. The van der Waals surface area contributed by atoms with E-state index in [1.807, 2.05) is 30.3 Å².